The molecular weight excluding hydrogens is 336 g/mol. The van der Waals surface area contributed by atoms with Crippen molar-refractivity contribution in [3.63, 3.8) is 0 Å². The van der Waals surface area contributed by atoms with Crippen molar-refractivity contribution < 1.29 is 23.9 Å². The summed E-state index contributed by atoms with van der Waals surface area (Å²) >= 11 is 0. The van der Waals surface area contributed by atoms with Crippen molar-refractivity contribution in [1.29, 1.82) is 0 Å². The number of aromatic nitrogens is 1. The van der Waals surface area contributed by atoms with Crippen molar-refractivity contribution in [1.82, 2.24) is 10.3 Å². The van der Waals surface area contributed by atoms with Crippen molar-refractivity contribution in [3.8, 4) is 0 Å². The summed E-state index contributed by atoms with van der Waals surface area (Å²) in [7, 11) is 0. The quantitative estimate of drug-likeness (QED) is 0.704. The molecule has 1 aromatic heterocycles. The largest absolute Gasteiger partial charge is 0.466 e. The minimum absolute atomic E-state index is 0.0547. The van der Waals surface area contributed by atoms with Gasteiger partial charge < -0.3 is 19.8 Å². The second-order valence-electron chi connectivity index (χ2n) is 5.84. The van der Waals surface area contributed by atoms with E-state index in [1.807, 2.05) is 24.3 Å². The fourth-order valence-corrected chi connectivity index (χ4v) is 2.91. The third-order valence-electron chi connectivity index (χ3n) is 3.99. The first-order valence-corrected chi connectivity index (χ1v) is 8.64. The van der Waals surface area contributed by atoms with Gasteiger partial charge in [0.2, 0.25) is 5.91 Å². The van der Waals surface area contributed by atoms with Crippen LogP contribution in [-0.4, -0.2) is 42.1 Å². The molecule has 7 nitrogen and oxygen atoms in total. The molecule has 0 bridgehead atoms. The summed E-state index contributed by atoms with van der Waals surface area (Å²) in [6.45, 7) is 5.14. The summed E-state index contributed by atoms with van der Waals surface area (Å²) in [5.74, 6) is -2.11. The van der Waals surface area contributed by atoms with Gasteiger partial charge in [-0.15, -0.1) is 0 Å². The molecule has 140 valence electrons. The Bertz CT molecular complexity index is 783. The standard InChI is InChI=1S/C19H24N2O5/c1-4-25-18(23)14(10-17(21-12(3)22)19(24)26-5-2)15-11-20-16-9-7-6-8-13(15)16/h6-9,11,14,17,20H,4-5,10H2,1-3H3,(H,21,22)/t14-,17+/m1/s1. The molecule has 2 atom stereocenters. The van der Waals surface area contributed by atoms with E-state index in [0.29, 0.717) is 0 Å². The molecule has 0 aliphatic heterocycles. The van der Waals surface area contributed by atoms with E-state index < -0.39 is 23.9 Å². The van der Waals surface area contributed by atoms with Crippen LogP contribution in [0.25, 0.3) is 10.9 Å². The smallest absolute Gasteiger partial charge is 0.328 e. The maximum Gasteiger partial charge on any atom is 0.328 e. The van der Waals surface area contributed by atoms with Crippen LogP contribution in [0.1, 0.15) is 38.7 Å². The van der Waals surface area contributed by atoms with Crippen LogP contribution in [0.15, 0.2) is 30.5 Å². The number of aromatic amines is 1. The minimum atomic E-state index is -0.935. The molecule has 7 heteroatoms. The monoisotopic (exact) mass is 360 g/mol. The van der Waals surface area contributed by atoms with Crippen LogP contribution in [0.3, 0.4) is 0 Å². The molecule has 0 aliphatic rings. The zero-order chi connectivity index (χ0) is 19.1. The summed E-state index contributed by atoms with van der Waals surface area (Å²) in [6.07, 6.45) is 1.79. The van der Waals surface area contributed by atoms with E-state index in [2.05, 4.69) is 10.3 Å². The molecule has 1 heterocycles. The summed E-state index contributed by atoms with van der Waals surface area (Å²) in [4.78, 5) is 39.4. The Morgan fingerprint density at radius 2 is 1.73 bits per heavy atom. The zero-order valence-corrected chi connectivity index (χ0v) is 15.2. The molecule has 1 aromatic carbocycles. The molecule has 1 amide bonds. The molecule has 0 aliphatic carbocycles. The third kappa shape index (κ3) is 4.62. The molecule has 2 aromatic rings. The lowest BCUT2D eigenvalue weighted by Gasteiger charge is -2.21. The van der Waals surface area contributed by atoms with E-state index in [-0.39, 0.29) is 25.5 Å². The van der Waals surface area contributed by atoms with Gasteiger partial charge >= 0.3 is 11.9 Å². The highest BCUT2D eigenvalue weighted by Gasteiger charge is 2.32. The number of rotatable bonds is 8. The summed E-state index contributed by atoms with van der Waals surface area (Å²) in [5, 5.41) is 3.44. The number of esters is 2. The van der Waals surface area contributed by atoms with Gasteiger partial charge in [0.25, 0.3) is 0 Å². The van der Waals surface area contributed by atoms with Crippen LogP contribution in [-0.2, 0) is 23.9 Å². The highest BCUT2D eigenvalue weighted by Crippen LogP contribution is 2.30. The lowest BCUT2D eigenvalue weighted by molar-refractivity contribution is -0.149. The van der Waals surface area contributed by atoms with Crippen LogP contribution in [0.4, 0.5) is 0 Å². The van der Waals surface area contributed by atoms with E-state index in [1.54, 1.807) is 20.0 Å². The Morgan fingerprint density at radius 1 is 1.08 bits per heavy atom. The van der Waals surface area contributed by atoms with Crippen LogP contribution >= 0.6 is 0 Å². The molecule has 0 radical (unpaired) electrons. The minimum Gasteiger partial charge on any atom is -0.466 e. The lowest BCUT2D eigenvalue weighted by Crippen LogP contribution is -2.42. The normalized spacial score (nSPS) is 13.0. The van der Waals surface area contributed by atoms with Gasteiger partial charge in [0.05, 0.1) is 19.1 Å². The number of ether oxygens (including phenoxy) is 2. The predicted molar refractivity (Wildman–Crippen MR) is 96.5 cm³/mol. The van der Waals surface area contributed by atoms with Crippen LogP contribution in [0.5, 0.6) is 0 Å². The topological polar surface area (TPSA) is 97.5 Å². The van der Waals surface area contributed by atoms with E-state index in [9.17, 15) is 14.4 Å². The molecule has 0 saturated carbocycles. The van der Waals surface area contributed by atoms with Crippen molar-refractivity contribution in [2.75, 3.05) is 13.2 Å². The summed E-state index contributed by atoms with van der Waals surface area (Å²) in [6, 6.07) is 6.62. The molecule has 0 fully saturated rings. The predicted octanol–water partition coefficient (Wildman–Crippen LogP) is 2.27. The van der Waals surface area contributed by atoms with Gasteiger partial charge in [-0.3, -0.25) is 9.59 Å². The van der Waals surface area contributed by atoms with Gasteiger partial charge in [0.1, 0.15) is 6.04 Å². The molecule has 2 rings (SSSR count). The lowest BCUT2D eigenvalue weighted by atomic mass is 9.91. The maximum atomic E-state index is 12.6. The van der Waals surface area contributed by atoms with Gasteiger partial charge in [-0.05, 0) is 31.9 Å². The summed E-state index contributed by atoms with van der Waals surface area (Å²) in [5.41, 5.74) is 1.60. The summed E-state index contributed by atoms with van der Waals surface area (Å²) < 4.78 is 10.2. The highest BCUT2D eigenvalue weighted by molar-refractivity contribution is 5.91. The number of amides is 1. The van der Waals surface area contributed by atoms with Gasteiger partial charge in [-0.1, -0.05) is 18.2 Å². The Morgan fingerprint density at radius 3 is 2.38 bits per heavy atom. The van der Waals surface area contributed by atoms with Crippen molar-refractivity contribution in [2.45, 2.75) is 39.2 Å². The van der Waals surface area contributed by atoms with Crippen molar-refractivity contribution >= 4 is 28.7 Å². The number of carbonyl (C=O) groups excluding carboxylic acids is 3. The first-order chi connectivity index (χ1) is 12.5. The second kappa shape index (κ2) is 9.03. The van der Waals surface area contributed by atoms with E-state index in [4.69, 9.17) is 9.47 Å². The average Bonchev–Trinajstić information content (AvgIpc) is 3.02. The molecule has 2 N–H and O–H groups in total. The molecule has 26 heavy (non-hydrogen) atoms. The number of benzene rings is 1. The number of carbonyl (C=O) groups is 3. The van der Waals surface area contributed by atoms with Crippen molar-refractivity contribution in [2.24, 2.45) is 0 Å². The molecular formula is C19H24N2O5. The van der Waals surface area contributed by atoms with Crippen molar-refractivity contribution in [3.05, 3.63) is 36.0 Å². The van der Waals surface area contributed by atoms with Gasteiger partial charge in [0.15, 0.2) is 0 Å². The van der Waals surface area contributed by atoms with Gasteiger partial charge in [-0.25, -0.2) is 4.79 Å². The van der Waals surface area contributed by atoms with E-state index >= 15 is 0 Å². The Hall–Kier alpha value is -2.83. The Kier molecular flexibility index (Phi) is 6.77. The molecule has 0 saturated heterocycles. The number of H-pyrrole nitrogens is 1. The fraction of sp³-hybridized carbons (Fsp3) is 0.421. The number of para-hydroxylation sites is 1. The van der Waals surface area contributed by atoms with E-state index in [0.717, 1.165) is 16.5 Å². The highest BCUT2D eigenvalue weighted by atomic mass is 16.5. The van der Waals surface area contributed by atoms with E-state index in [1.165, 1.54) is 6.92 Å². The Labute approximate surface area is 152 Å². The Balaban J connectivity index is 2.38. The number of hydrogen-bond donors (Lipinski definition) is 2. The number of hydrogen-bond acceptors (Lipinski definition) is 5. The third-order valence-corrected chi connectivity index (χ3v) is 3.99. The first-order valence-electron chi connectivity index (χ1n) is 8.64. The SMILES string of the molecule is CCOC(=O)[C@H](C[C@@H](C(=O)OCC)c1c[nH]c2ccccc12)NC(C)=O. The van der Waals surface area contributed by atoms with Crippen LogP contribution in [0, 0.1) is 0 Å². The average molecular weight is 360 g/mol. The van der Waals surface area contributed by atoms with Gasteiger partial charge in [-0.2, -0.15) is 0 Å². The van der Waals surface area contributed by atoms with Crippen LogP contribution < -0.4 is 5.32 Å². The second-order valence-corrected chi connectivity index (χ2v) is 5.84. The molecule has 0 unspecified atom stereocenters. The first kappa shape index (κ1) is 19.5. The zero-order valence-electron chi connectivity index (χ0n) is 15.2. The fourth-order valence-electron chi connectivity index (χ4n) is 2.91. The number of nitrogens with one attached hydrogen (secondary N) is 2. The van der Waals surface area contributed by atoms with Gasteiger partial charge in [0, 0.05) is 24.0 Å². The van der Waals surface area contributed by atoms with Crippen LogP contribution in [0.2, 0.25) is 0 Å². The molecule has 0 spiro atoms. The number of fused-ring (bicyclic) bond motifs is 1. The maximum absolute atomic E-state index is 12.6.